The number of hydrogen-bond acceptors (Lipinski definition) is 9. The number of ether oxygens (including phenoxy) is 2. The second kappa shape index (κ2) is 11.7. The summed E-state index contributed by atoms with van der Waals surface area (Å²) >= 11 is 4.88. The normalized spacial score (nSPS) is 25.7. The third-order valence-corrected chi connectivity index (χ3v) is 7.09. The minimum atomic E-state index is -4.41. The topological polar surface area (TPSA) is 141 Å². The summed E-state index contributed by atoms with van der Waals surface area (Å²) in [6, 6.07) is 8.09. The van der Waals surface area contributed by atoms with Crippen LogP contribution in [0.2, 0.25) is 0 Å². The predicted octanol–water partition coefficient (Wildman–Crippen LogP) is 2.64. The van der Waals surface area contributed by atoms with Crippen molar-refractivity contribution < 1.29 is 37.4 Å². The Morgan fingerprint density at radius 3 is 2.65 bits per heavy atom. The fourth-order valence-electron chi connectivity index (χ4n) is 3.40. The number of aromatic nitrogens is 2. The molecule has 200 valence electrons. The molecule has 3 rings (SSSR count). The molecule has 11 nitrogen and oxygen atoms in total. The lowest BCUT2D eigenvalue weighted by molar-refractivity contribution is -0.149. The summed E-state index contributed by atoms with van der Waals surface area (Å²) in [6.07, 6.45) is 0.555. The Labute approximate surface area is 217 Å². The first-order valence-corrected chi connectivity index (χ1v) is 13.1. The number of para-hydroxylation sites is 1. The Balaban J connectivity index is 1.87. The van der Waals surface area contributed by atoms with Crippen LogP contribution < -0.4 is 15.3 Å². The maximum Gasteiger partial charge on any atom is 0.459 e. The number of carbonyl (C=O) groups is 1. The fourth-order valence-corrected chi connectivity index (χ4v) is 5.07. The first kappa shape index (κ1) is 28.7. The molecule has 37 heavy (non-hydrogen) atoms. The number of nitrogens with one attached hydrogen (secondary N) is 2. The molecule has 0 aliphatic carbocycles. The molecule has 0 saturated carbocycles. The molecule has 1 fully saturated rings. The van der Waals surface area contributed by atoms with Crippen LogP contribution in [-0.2, 0) is 23.4 Å². The van der Waals surface area contributed by atoms with Crippen LogP contribution in [0, 0.1) is 17.0 Å². The van der Waals surface area contributed by atoms with E-state index >= 15 is 4.39 Å². The summed E-state index contributed by atoms with van der Waals surface area (Å²) in [4.78, 5) is 26.9. The van der Waals surface area contributed by atoms with Crippen LogP contribution in [0.5, 0.6) is 5.75 Å². The molecule has 0 radical (unpaired) electrons. The van der Waals surface area contributed by atoms with Gasteiger partial charge < -0.3 is 19.1 Å². The van der Waals surface area contributed by atoms with Crippen LogP contribution in [0.1, 0.15) is 27.0 Å². The molecular formula is C23H27FN3O8PS. The van der Waals surface area contributed by atoms with Gasteiger partial charge in [-0.25, -0.2) is 13.8 Å². The fraction of sp³-hybridized carbons (Fsp3) is 0.435. The first-order valence-electron chi connectivity index (χ1n) is 11.2. The van der Waals surface area contributed by atoms with Crippen LogP contribution in [-0.4, -0.2) is 57.3 Å². The van der Waals surface area contributed by atoms with Gasteiger partial charge in [0.1, 0.15) is 29.1 Å². The van der Waals surface area contributed by atoms with Crippen molar-refractivity contribution in [2.45, 2.75) is 57.0 Å². The summed E-state index contributed by atoms with van der Waals surface area (Å²) in [7, 11) is -4.41. The highest BCUT2D eigenvalue weighted by Crippen LogP contribution is 2.48. The molecule has 2 aromatic rings. The molecule has 6 atom stereocenters. The van der Waals surface area contributed by atoms with Crippen LogP contribution in [0.4, 0.5) is 4.39 Å². The Hall–Kier alpha value is -2.85. The number of aliphatic hydroxyl groups is 1. The number of esters is 1. The molecule has 1 aromatic carbocycles. The molecule has 0 amide bonds. The van der Waals surface area contributed by atoms with Gasteiger partial charge in [0.15, 0.2) is 18.0 Å². The molecular weight excluding hydrogens is 528 g/mol. The summed E-state index contributed by atoms with van der Waals surface area (Å²) in [5, 5.41) is 13.1. The van der Waals surface area contributed by atoms with Crippen molar-refractivity contribution in [1.82, 2.24) is 14.6 Å². The Morgan fingerprint density at radius 2 is 2.05 bits per heavy atom. The highest BCUT2D eigenvalue weighted by Gasteiger charge is 2.57. The van der Waals surface area contributed by atoms with Crippen molar-refractivity contribution in [3.8, 4) is 18.1 Å². The van der Waals surface area contributed by atoms with E-state index in [1.54, 1.807) is 32.0 Å². The van der Waals surface area contributed by atoms with Gasteiger partial charge in [0, 0.05) is 6.20 Å². The summed E-state index contributed by atoms with van der Waals surface area (Å²) in [5.74, 6) is 1.54. The maximum atomic E-state index is 15.1. The van der Waals surface area contributed by atoms with Crippen molar-refractivity contribution in [3.63, 3.8) is 0 Å². The Kier molecular flexibility index (Phi) is 9.07. The lowest BCUT2D eigenvalue weighted by atomic mass is 9.98. The quantitative estimate of drug-likeness (QED) is 0.173. The van der Waals surface area contributed by atoms with Crippen molar-refractivity contribution in [1.29, 1.82) is 0 Å². The third kappa shape index (κ3) is 6.73. The molecule has 1 aliphatic rings. The third-order valence-electron chi connectivity index (χ3n) is 5.23. The van der Waals surface area contributed by atoms with Crippen molar-refractivity contribution in [3.05, 3.63) is 57.7 Å². The van der Waals surface area contributed by atoms with Crippen LogP contribution in [0.15, 0.2) is 47.4 Å². The number of hydrogen-bond donors (Lipinski definition) is 3. The molecule has 2 heterocycles. The van der Waals surface area contributed by atoms with E-state index in [0.29, 0.717) is 0 Å². The summed E-state index contributed by atoms with van der Waals surface area (Å²) in [6.45, 7) is 3.84. The monoisotopic (exact) mass is 555 g/mol. The molecule has 14 heteroatoms. The number of rotatable bonds is 10. The van der Waals surface area contributed by atoms with Crippen molar-refractivity contribution >= 4 is 25.9 Å². The van der Waals surface area contributed by atoms with E-state index in [1.807, 2.05) is 0 Å². The van der Waals surface area contributed by atoms with E-state index in [0.717, 1.165) is 4.57 Å². The van der Waals surface area contributed by atoms with E-state index in [1.165, 1.54) is 31.3 Å². The highest BCUT2D eigenvalue weighted by atomic mass is 32.1. The van der Waals surface area contributed by atoms with Crippen LogP contribution >= 0.6 is 20.0 Å². The molecule has 0 spiro atoms. The van der Waals surface area contributed by atoms with Gasteiger partial charge in [0.05, 0.1) is 6.10 Å². The minimum absolute atomic E-state index is 0.108. The number of aromatic amines is 1. The predicted molar refractivity (Wildman–Crippen MR) is 133 cm³/mol. The number of alkyl halides is 1. The van der Waals surface area contributed by atoms with Crippen LogP contribution in [0.3, 0.4) is 0 Å². The zero-order valence-electron chi connectivity index (χ0n) is 20.2. The number of H-pyrrole nitrogens is 1. The van der Waals surface area contributed by atoms with E-state index < -0.39 is 62.3 Å². The minimum Gasteiger partial charge on any atom is -0.462 e. The highest BCUT2D eigenvalue weighted by molar-refractivity contribution is 7.71. The standard InChI is InChI=1S/C23H27FN3O8PS/c1-5-23(19(28)18(24)20(34-23)27-12-11-17(37)25-22(27)30)13-32-36(31,35-16-9-7-6-8-10-16)26-15(4)21(29)33-14(2)3/h1,6-12,14-15,18-20,28H,13H2,2-4H3,(H,26,31)(H,25,30,37)/t15-,18-,19?,20+,23+,36?/m0/s1. The molecule has 3 N–H and O–H groups in total. The SMILES string of the molecule is C#C[C@]1(COP(=O)(N[C@@H](C)C(=O)OC(C)C)Oc2ccccc2)O[C@@H](n2ccc(=S)[nH]c2=O)[C@@H](F)C1O. The number of halogens is 1. The van der Waals surface area contributed by atoms with Crippen molar-refractivity contribution in [2.75, 3.05) is 6.61 Å². The second-order valence-corrected chi connectivity index (χ2v) is 10.6. The molecule has 1 saturated heterocycles. The number of benzene rings is 1. The number of terminal acetylenes is 1. The Morgan fingerprint density at radius 1 is 1.38 bits per heavy atom. The number of aliphatic hydroxyl groups excluding tert-OH is 1. The summed E-state index contributed by atoms with van der Waals surface area (Å²) < 4.78 is 51.5. The van der Waals surface area contributed by atoms with Crippen molar-refractivity contribution in [2.24, 2.45) is 0 Å². The van der Waals surface area contributed by atoms with E-state index in [2.05, 4.69) is 16.0 Å². The van der Waals surface area contributed by atoms with Gasteiger partial charge in [-0.2, -0.15) is 5.09 Å². The lowest BCUT2D eigenvalue weighted by Gasteiger charge is -2.29. The first-order chi connectivity index (χ1) is 17.4. The van der Waals surface area contributed by atoms with E-state index in [-0.39, 0.29) is 10.4 Å². The molecule has 1 aliphatic heterocycles. The maximum absolute atomic E-state index is 15.1. The number of nitrogens with zero attached hydrogens (tertiary/aromatic N) is 1. The van der Waals surface area contributed by atoms with Gasteiger partial charge in [-0.3, -0.25) is 18.9 Å². The zero-order valence-corrected chi connectivity index (χ0v) is 21.9. The molecule has 1 aromatic heterocycles. The lowest BCUT2D eigenvalue weighted by Crippen LogP contribution is -2.45. The van der Waals surface area contributed by atoms with Gasteiger partial charge in [0.25, 0.3) is 0 Å². The van der Waals surface area contributed by atoms with Crippen LogP contribution in [0.25, 0.3) is 0 Å². The van der Waals surface area contributed by atoms with Gasteiger partial charge in [-0.1, -0.05) is 36.3 Å². The number of carbonyl (C=O) groups excluding carboxylic acids is 1. The smallest absolute Gasteiger partial charge is 0.459 e. The average Bonchev–Trinajstić information content (AvgIpc) is 3.08. The van der Waals surface area contributed by atoms with Gasteiger partial charge in [0.2, 0.25) is 0 Å². The summed E-state index contributed by atoms with van der Waals surface area (Å²) in [5.41, 5.74) is -2.96. The second-order valence-electron chi connectivity index (χ2n) is 8.46. The van der Waals surface area contributed by atoms with Gasteiger partial charge in [-0.15, -0.1) is 6.42 Å². The zero-order chi connectivity index (χ0) is 27.4. The molecule has 0 bridgehead atoms. The van der Waals surface area contributed by atoms with Gasteiger partial charge >= 0.3 is 19.4 Å². The van der Waals surface area contributed by atoms with Gasteiger partial charge in [-0.05, 0) is 39.0 Å². The largest absolute Gasteiger partial charge is 0.462 e. The van der Waals surface area contributed by atoms with E-state index in [9.17, 15) is 19.3 Å². The van der Waals surface area contributed by atoms with E-state index in [4.69, 9.17) is 37.2 Å². The molecule has 2 unspecified atom stereocenters. The Bertz CT molecular complexity index is 1310. The average molecular weight is 556 g/mol.